The van der Waals surface area contributed by atoms with Gasteiger partial charge in [-0.1, -0.05) is 38.4 Å². The van der Waals surface area contributed by atoms with Crippen molar-refractivity contribution in [3.63, 3.8) is 0 Å². The van der Waals surface area contributed by atoms with E-state index in [2.05, 4.69) is 25.8 Å². The van der Waals surface area contributed by atoms with Crippen molar-refractivity contribution in [1.29, 1.82) is 0 Å². The van der Waals surface area contributed by atoms with Gasteiger partial charge >= 0.3 is 0 Å². The van der Waals surface area contributed by atoms with Crippen LogP contribution in [0.15, 0.2) is 35.3 Å². The summed E-state index contributed by atoms with van der Waals surface area (Å²) in [5.74, 6) is 0.238. The second-order valence-electron chi connectivity index (χ2n) is 6.37. The highest BCUT2D eigenvalue weighted by Gasteiger charge is 2.15. The van der Waals surface area contributed by atoms with Gasteiger partial charge in [0.25, 0.3) is 0 Å². The van der Waals surface area contributed by atoms with Crippen molar-refractivity contribution in [2.75, 3.05) is 0 Å². The molecule has 116 valence electrons. The van der Waals surface area contributed by atoms with Crippen molar-refractivity contribution in [3.8, 4) is 11.5 Å². The van der Waals surface area contributed by atoms with E-state index in [1.807, 2.05) is 12.1 Å². The number of aromatic hydroxyl groups is 2. The van der Waals surface area contributed by atoms with Gasteiger partial charge in [-0.25, -0.2) is 0 Å². The molecule has 0 spiro atoms. The topological polar surface area (TPSA) is 52.8 Å². The van der Waals surface area contributed by atoms with Crippen LogP contribution >= 0.6 is 11.6 Å². The first-order chi connectivity index (χ1) is 10.2. The summed E-state index contributed by atoms with van der Waals surface area (Å²) in [7, 11) is 0. The highest BCUT2D eigenvalue weighted by Crippen LogP contribution is 2.33. The van der Waals surface area contributed by atoms with Gasteiger partial charge in [0.05, 0.1) is 0 Å². The molecule has 22 heavy (non-hydrogen) atoms. The van der Waals surface area contributed by atoms with Gasteiger partial charge in [-0.3, -0.25) is 4.99 Å². The van der Waals surface area contributed by atoms with E-state index in [1.165, 1.54) is 6.21 Å². The standard InChI is InChI=1S/C18H20ClNO2/c1-11-7-14(19)8-12(17(11)22)10-20-15-9-13(18(2,3)4)5-6-16(15)21/h5-10,21-22H,1-4H3/b20-10+. The second-order valence-corrected chi connectivity index (χ2v) is 6.81. The number of hydrogen-bond donors (Lipinski definition) is 2. The second kappa shape index (κ2) is 6.01. The number of aliphatic imine (C=N–C) groups is 1. The van der Waals surface area contributed by atoms with Gasteiger partial charge in [-0.2, -0.15) is 0 Å². The van der Waals surface area contributed by atoms with Crippen LogP contribution in [-0.2, 0) is 5.41 Å². The fourth-order valence-electron chi connectivity index (χ4n) is 2.09. The van der Waals surface area contributed by atoms with Crippen molar-refractivity contribution < 1.29 is 10.2 Å². The van der Waals surface area contributed by atoms with Crippen LogP contribution in [0.4, 0.5) is 5.69 Å². The molecule has 0 saturated heterocycles. The minimum absolute atomic E-state index is 0.0350. The Bertz CT molecular complexity index is 731. The van der Waals surface area contributed by atoms with E-state index in [0.717, 1.165) is 5.56 Å². The van der Waals surface area contributed by atoms with Crippen LogP contribution in [0.1, 0.15) is 37.5 Å². The van der Waals surface area contributed by atoms with E-state index in [-0.39, 0.29) is 16.9 Å². The molecule has 4 heteroatoms. The van der Waals surface area contributed by atoms with Gasteiger partial charge < -0.3 is 10.2 Å². The average molecular weight is 318 g/mol. The number of nitrogens with zero attached hydrogens (tertiary/aromatic N) is 1. The Balaban J connectivity index is 2.43. The van der Waals surface area contributed by atoms with E-state index in [0.29, 0.717) is 21.8 Å². The fourth-order valence-corrected chi connectivity index (χ4v) is 2.37. The molecule has 2 rings (SSSR count). The maximum absolute atomic E-state index is 10.0. The molecule has 0 bridgehead atoms. The van der Waals surface area contributed by atoms with Gasteiger partial charge in [-0.15, -0.1) is 0 Å². The normalized spacial score (nSPS) is 12.0. The van der Waals surface area contributed by atoms with Crippen LogP contribution in [-0.4, -0.2) is 16.4 Å². The zero-order valence-corrected chi connectivity index (χ0v) is 13.9. The lowest BCUT2D eigenvalue weighted by Crippen LogP contribution is -2.10. The summed E-state index contributed by atoms with van der Waals surface area (Å²) in [4.78, 5) is 4.30. The average Bonchev–Trinajstić information content (AvgIpc) is 2.41. The van der Waals surface area contributed by atoms with Crippen molar-refractivity contribution in [2.24, 2.45) is 4.99 Å². The molecular formula is C18H20ClNO2. The van der Waals surface area contributed by atoms with Gasteiger partial charge in [-0.05, 0) is 47.7 Å². The van der Waals surface area contributed by atoms with E-state index in [1.54, 1.807) is 25.1 Å². The zero-order chi connectivity index (χ0) is 16.5. The molecule has 0 aromatic heterocycles. The third-order valence-electron chi connectivity index (χ3n) is 3.48. The van der Waals surface area contributed by atoms with Crippen molar-refractivity contribution in [1.82, 2.24) is 0 Å². The summed E-state index contributed by atoms with van der Waals surface area (Å²) >= 11 is 6.00. The minimum atomic E-state index is -0.0350. The smallest absolute Gasteiger partial charge is 0.141 e. The number of aryl methyl sites for hydroxylation is 1. The van der Waals surface area contributed by atoms with E-state index < -0.39 is 0 Å². The van der Waals surface area contributed by atoms with Crippen LogP contribution in [0.25, 0.3) is 0 Å². The molecule has 0 amide bonds. The highest BCUT2D eigenvalue weighted by molar-refractivity contribution is 6.31. The Hall–Kier alpha value is -2.00. The molecule has 0 atom stereocenters. The lowest BCUT2D eigenvalue weighted by Gasteiger charge is -2.19. The highest BCUT2D eigenvalue weighted by atomic mass is 35.5. The van der Waals surface area contributed by atoms with Crippen LogP contribution < -0.4 is 0 Å². The lowest BCUT2D eigenvalue weighted by molar-refractivity contribution is 0.470. The maximum atomic E-state index is 10.0. The van der Waals surface area contributed by atoms with E-state index in [9.17, 15) is 10.2 Å². The molecule has 2 N–H and O–H groups in total. The molecule has 2 aromatic carbocycles. The number of benzene rings is 2. The summed E-state index contributed by atoms with van der Waals surface area (Å²) in [5.41, 5.74) is 2.70. The molecule has 0 aliphatic carbocycles. The summed E-state index contributed by atoms with van der Waals surface area (Å²) in [6.07, 6.45) is 1.51. The first kappa shape index (κ1) is 16.4. The maximum Gasteiger partial charge on any atom is 0.141 e. The molecule has 0 fully saturated rings. The predicted octanol–water partition coefficient (Wildman–Crippen LogP) is 5.11. The zero-order valence-electron chi connectivity index (χ0n) is 13.2. The monoisotopic (exact) mass is 317 g/mol. The Morgan fingerprint density at radius 2 is 1.77 bits per heavy atom. The number of rotatable bonds is 2. The Morgan fingerprint density at radius 3 is 2.41 bits per heavy atom. The van der Waals surface area contributed by atoms with Crippen LogP contribution in [0, 0.1) is 6.92 Å². The number of phenols is 2. The minimum Gasteiger partial charge on any atom is -0.507 e. The van der Waals surface area contributed by atoms with Crippen molar-refractivity contribution >= 4 is 23.5 Å². The third kappa shape index (κ3) is 3.60. The quantitative estimate of drug-likeness (QED) is 0.756. The largest absolute Gasteiger partial charge is 0.507 e. The summed E-state index contributed by atoms with van der Waals surface area (Å²) in [5, 5.41) is 20.5. The molecule has 0 heterocycles. The van der Waals surface area contributed by atoms with Gasteiger partial charge in [0, 0.05) is 16.8 Å². The van der Waals surface area contributed by atoms with Crippen molar-refractivity contribution in [2.45, 2.75) is 33.1 Å². The summed E-state index contributed by atoms with van der Waals surface area (Å²) in [6.45, 7) is 8.06. The first-order valence-electron chi connectivity index (χ1n) is 7.05. The molecule has 0 saturated carbocycles. The lowest BCUT2D eigenvalue weighted by atomic mass is 9.87. The van der Waals surface area contributed by atoms with E-state index in [4.69, 9.17) is 11.6 Å². The van der Waals surface area contributed by atoms with E-state index >= 15 is 0 Å². The van der Waals surface area contributed by atoms with Crippen LogP contribution in [0.5, 0.6) is 11.5 Å². The number of hydrogen-bond acceptors (Lipinski definition) is 3. The first-order valence-corrected chi connectivity index (χ1v) is 7.43. The molecule has 0 unspecified atom stereocenters. The number of phenolic OH excluding ortho intramolecular Hbond substituents is 2. The van der Waals surface area contributed by atoms with Crippen molar-refractivity contribution in [3.05, 3.63) is 52.0 Å². The van der Waals surface area contributed by atoms with Gasteiger partial charge in [0.2, 0.25) is 0 Å². The summed E-state index contributed by atoms with van der Waals surface area (Å²) in [6, 6.07) is 8.69. The summed E-state index contributed by atoms with van der Waals surface area (Å²) < 4.78 is 0. The SMILES string of the molecule is Cc1cc(Cl)cc(/C=N/c2cc(C(C)(C)C)ccc2O)c1O. The predicted molar refractivity (Wildman–Crippen MR) is 91.9 cm³/mol. The molecular weight excluding hydrogens is 298 g/mol. The molecule has 2 aromatic rings. The van der Waals surface area contributed by atoms with Gasteiger partial charge in [0.1, 0.15) is 17.2 Å². The Morgan fingerprint density at radius 1 is 1.09 bits per heavy atom. The fraction of sp³-hybridized carbons (Fsp3) is 0.278. The van der Waals surface area contributed by atoms with Gasteiger partial charge in [0.15, 0.2) is 0 Å². The van der Waals surface area contributed by atoms with Crippen LogP contribution in [0.3, 0.4) is 0 Å². The molecule has 0 aliphatic heterocycles. The Labute approximate surface area is 135 Å². The molecule has 0 aliphatic rings. The third-order valence-corrected chi connectivity index (χ3v) is 3.70. The Kier molecular flexibility index (Phi) is 4.47. The van der Waals surface area contributed by atoms with Crippen LogP contribution in [0.2, 0.25) is 5.02 Å². The molecule has 3 nitrogen and oxygen atoms in total. The molecule has 0 radical (unpaired) electrons. The number of halogens is 1.